The normalized spacial score (nSPS) is 28.0. The number of hydrogen-bond donors (Lipinski definition) is 1. The molecule has 154 valence electrons. The van der Waals surface area contributed by atoms with Gasteiger partial charge in [0.05, 0.1) is 19.1 Å². The Morgan fingerprint density at radius 2 is 1.96 bits per heavy atom. The number of phenolic OH excluding ortho intramolecular Hbond substituents is 1. The van der Waals surface area contributed by atoms with Gasteiger partial charge in [-0.1, -0.05) is 19.1 Å². The Morgan fingerprint density at radius 3 is 2.68 bits per heavy atom. The van der Waals surface area contributed by atoms with Gasteiger partial charge in [-0.05, 0) is 67.7 Å². The average Bonchev–Trinajstić information content (AvgIpc) is 3.06. The number of benzene rings is 1. The smallest absolute Gasteiger partial charge is 0.226 e. The summed E-state index contributed by atoms with van der Waals surface area (Å²) < 4.78 is 6.22. The Balaban J connectivity index is 1.24. The van der Waals surface area contributed by atoms with E-state index in [0.717, 1.165) is 57.0 Å². The Kier molecular flexibility index (Phi) is 5.93. The lowest BCUT2D eigenvalue weighted by Gasteiger charge is -2.39. The first-order valence-electron chi connectivity index (χ1n) is 10.9. The molecule has 1 aromatic carbocycles. The zero-order valence-electron chi connectivity index (χ0n) is 17.1. The van der Waals surface area contributed by atoms with Crippen LogP contribution >= 0.6 is 0 Å². The van der Waals surface area contributed by atoms with Gasteiger partial charge in [-0.15, -0.1) is 0 Å². The Labute approximate surface area is 168 Å². The van der Waals surface area contributed by atoms with Crippen LogP contribution in [0.4, 0.5) is 0 Å². The molecule has 0 bridgehead atoms. The van der Waals surface area contributed by atoms with Crippen LogP contribution in [0, 0.1) is 11.3 Å². The van der Waals surface area contributed by atoms with Gasteiger partial charge in [-0.25, -0.2) is 0 Å². The number of piperidine rings is 2. The highest BCUT2D eigenvalue weighted by Crippen LogP contribution is 2.42. The maximum atomic E-state index is 12.6. The molecule has 0 aliphatic carbocycles. The predicted molar refractivity (Wildman–Crippen MR) is 109 cm³/mol. The average molecular weight is 387 g/mol. The molecule has 3 fully saturated rings. The third kappa shape index (κ3) is 4.69. The quantitative estimate of drug-likeness (QED) is 0.864. The summed E-state index contributed by atoms with van der Waals surface area (Å²) in [4.78, 5) is 17.2. The van der Waals surface area contributed by atoms with E-state index < -0.39 is 0 Å². The Morgan fingerprint density at radius 1 is 1.21 bits per heavy atom. The maximum Gasteiger partial charge on any atom is 0.226 e. The van der Waals surface area contributed by atoms with E-state index in [1.807, 2.05) is 17.0 Å². The van der Waals surface area contributed by atoms with Crippen molar-refractivity contribution in [1.82, 2.24) is 9.80 Å². The van der Waals surface area contributed by atoms with Gasteiger partial charge < -0.3 is 19.6 Å². The van der Waals surface area contributed by atoms with Gasteiger partial charge in [-0.3, -0.25) is 4.79 Å². The number of amides is 1. The Bertz CT molecular complexity index is 667. The summed E-state index contributed by atoms with van der Waals surface area (Å²) in [5.74, 6) is 1.25. The molecule has 1 amide bonds. The van der Waals surface area contributed by atoms with Gasteiger partial charge in [0.2, 0.25) is 5.91 Å². The lowest BCUT2D eigenvalue weighted by molar-refractivity contribution is -0.132. The van der Waals surface area contributed by atoms with Gasteiger partial charge in [0.25, 0.3) is 0 Å². The largest absolute Gasteiger partial charge is 0.508 e. The summed E-state index contributed by atoms with van der Waals surface area (Å²) in [6, 6.07) is 6.95. The number of rotatable bonds is 4. The van der Waals surface area contributed by atoms with Crippen molar-refractivity contribution in [1.29, 1.82) is 0 Å². The molecule has 0 saturated carbocycles. The number of likely N-dealkylation sites (tertiary alicyclic amines) is 2. The van der Waals surface area contributed by atoms with Crippen molar-refractivity contribution in [2.45, 2.75) is 51.6 Å². The molecule has 4 rings (SSSR count). The number of aromatic hydroxyl groups is 1. The predicted octanol–water partition coefficient (Wildman–Crippen LogP) is 3.06. The van der Waals surface area contributed by atoms with E-state index in [9.17, 15) is 9.90 Å². The summed E-state index contributed by atoms with van der Waals surface area (Å²) in [5, 5.41) is 9.38. The van der Waals surface area contributed by atoms with Crippen LogP contribution in [0.5, 0.6) is 5.75 Å². The van der Waals surface area contributed by atoms with Crippen molar-refractivity contribution in [3.8, 4) is 5.75 Å². The molecule has 5 heteroatoms. The maximum absolute atomic E-state index is 12.6. The SMILES string of the molecule is CC1CCCN(CC2CC3(CCN(C(=O)Cc4ccc(O)cc4)CC3)CO2)C1. The Hall–Kier alpha value is -1.59. The van der Waals surface area contributed by atoms with Gasteiger partial charge in [-0.2, -0.15) is 0 Å². The van der Waals surface area contributed by atoms with Crippen LogP contribution in [0.2, 0.25) is 0 Å². The summed E-state index contributed by atoms with van der Waals surface area (Å²) in [6.45, 7) is 8.41. The molecule has 0 aromatic heterocycles. The molecule has 3 aliphatic heterocycles. The fourth-order valence-corrected chi connectivity index (χ4v) is 5.23. The second-order valence-electron chi connectivity index (χ2n) is 9.37. The highest BCUT2D eigenvalue weighted by molar-refractivity contribution is 5.78. The number of nitrogens with zero attached hydrogens (tertiary/aromatic N) is 2. The summed E-state index contributed by atoms with van der Waals surface area (Å²) >= 11 is 0. The number of ether oxygens (including phenoxy) is 1. The molecule has 1 spiro atoms. The molecular formula is C23H34N2O3. The van der Waals surface area contributed by atoms with Crippen LogP contribution in [0.25, 0.3) is 0 Å². The minimum Gasteiger partial charge on any atom is -0.508 e. The molecule has 1 N–H and O–H groups in total. The second-order valence-corrected chi connectivity index (χ2v) is 9.37. The van der Waals surface area contributed by atoms with Crippen molar-refractivity contribution in [3.05, 3.63) is 29.8 Å². The molecule has 5 nitrogen and oxygen atoms in total. The van der Waals surface area contributed by atoms with E-state index in [1.165, 1.54) is 25.9 Å². The number of carbonyl (C=O) groups is 1. The lowest BCUT2D eigenvalue weighted by atomic mass is 9.76. The molecule has 2 atom stereocenters. The molecule has 1 aromatic rings. The van der Waals surface area contributed by atoms with Crippen molar-refractivity contribution in [2.75, 3.05) is 39.3 Å². The van der Waals surface area contributed by atoms with Crippen LogP contribution in [0.1, 0.15) is 44.6 Å². The van der Waals surface area contributed by atoms with Crippen LogP contribution in [0.3, 0.4) is 0 Å². The fraction of sp³-hybridized carbons (Fsp3) is 0.696. The van der Waals surface area contributed by atoms with Crippen molar-refractivity contribution in [2.24, 2.45) is 11.3 Å². The third-order valence-electron chi connectivity index (χ3n) is 6.96. The zero-order chi connectivity index (χ0) is 19.6. The van der Waals surface area contributed by atoms with E-state index in [1.54, 1.807) is 12.1 Å². The molecule has 28 heavy (non-hydrogen) atoms. The van der Waals surface area contributed by atoms with Gasteiger partial charge in [0, 0.05) is 26.2 Å². The lowest BCUT2D eigenvalue weighted by Crippen LogP contribution is -2.44. The molecule has 0 radical (unpaired) electrons. The van der Waals surface area contributed by atoms with Gasteiger partial charge in [0.1, 0.15) is 5.75 Å². The summed E-state index contributed by atoms with van der Waals surface area (Å²) in [7, 11) is 0. The molecule has 3 heterocycles. The summed E-state index contributed by atoms with van der Waals surface area (Å²) in [5.41, 5.74) is 1.24. The summed E-state index contributed by atoms with van der Waals surface area (Å²) in [6.07, 6.45) is 6.72. The van der Waals surface area contributed by atoms with Crippen molar-refractivity contribution < 1.29 is 14.6 Å². The molecule has 2 unspecified atom stereocenters. The van der Waals surface area contributed by atoms with Gasteiger partial charge >= 0.3 is 0 Å². The first-order valence-corrected chi connectivity index (χ1v) is 10.9. The topological polar surface area (TPSA) is 53.0 Å². The first kappa shape index (κ1) is 19.7. The first-order chi connectivity index (χ1) is 13.5. The van der Waals surface area contributed by atoms with Crippen LogP contribution in [0.15, 0.2) is 24.3 Å². The van der Waals surface area contributed by atoms with Crippen LogP contribution < -0.4 is 0 Å². The highest BCUT2D eigenvalue weighted by atomic mass is 16.5. The van der Waals surface area contributed by atoms with Crippen molar-refractivity contribution in [3.63, 3.8) is 0 Å². The number of phenols is 1. The van der Waals surface area contributed by atoms with E-state index in [4.69, 9.17) is 4.74 Å². The monoisotopic (exact) mass is 386 g/mol. The minimum absolute atomic E-state index is 0.193. The number of hydrogen-bond acceptors (Lipinski definition) is 4. The van der Waals surface area contributed by atoms with E-state index in [-0.39, 0.29) is 17.1 Å². The number of carbonyl (C=O) groups excluding carboxylic acids is 1. The highest BCUT2D eigenvalue weighted by Gasteiger charge is 2.43. The van der Waals surface area contributed by atoms with E-state index in [0.29, 0.717) is 12.5 Å². The standard InChI is InChI=1S/C23H34N2O3/c1-18-3-2-10-24(15-18)16-21-14-23(17-28-21)8-11-25(12-9-23)22(27)13-19-4-6-20(26)7-5-19/h4-7,18,21,26H,2-3,8-17H2,1H3. The van der Waals surface area contributed by atoms with Crippen LogP contribution in [-0.4, -0.2) is 66.2 Å². The molecular weight excluding hydrogens is 352 g/mol. The van der Waals surface area contributed by atoms with E-state index >= 15 is 0 Å². The van der Waals surface area contributed by atoms with Crippen molar-refractivity contribution >= 4 is 5.91 Å². The molecule has 3 aliphatic rings. The zero-order valence-corrected chi connectivity index (χ0v) is 17.1. The fourth-order valence-electron chi connectivity index (χ4n) is 5.23. The minimum atomic E-state index is 0.193. The third-order valence-corrected chi connectivity index (χ3v) is 6.96. The van der Waals surface area contributed by atoms with Crippen LogP contribution in [-0.2, 0) is 16.0 Å². The van der Waals surface area contributed by atoms with E-state index in [2.05, 4.69) is 11.8 Å². The van der Waals surface area contributed by atoms with Gasteiger partial charge in [0.15, 0.2) is 0 Å². The second kappa shape index (κ2) is 8.42. The molecule has 3 saturated heterocycles.